The van der Waals surface area contributed by atoms with Gasteiger partial charge in [0, 0.05) is 18.2 Å². The van der Waals surface area contributed by atoms with Gasteiger partial charge in [0.25, 0.3) is 0 Å². The molecule has 1 saturated heterocycles. The van der Waals surface area contributed by atoms with Crippen LogP contribution in [0.15, 0.2) is 30.3 Å². The van der Waals surface area contributed by atoms with Crippen molar-refractivity contribution in [3.8, 4) is 16.9 Å². The van der Waals surface area contributed by atoms with Gasteiger partial charge >= 0.3 is 18.6 Å². The largest absolute Gasteiger partial charge is 0.527 e. The van der Waals surface area contributed by atoms with E-state index in [0.717, 1.165) is 37.8 Å². The SMILES string of the molecule is CCCC1CCC(C2CCC(C(F)(F)Oc3ccc(-c4cc(F)c(C(F)(F)OC(F)(F)F)c(F)c4)c(F)c3)CC2)OC1. The quantitative estimate of drug-likeness (QED) is 0.263. The second-order valence-electron chi connectivity index (χ2n) is 10.9. The van der Waals surface area contributed by atoms with Crippen molar-refractivity contribution < 1.29 is 58.1 Å². The third-order valence-corrected chi connectivity index (χ3v) is 7.96. The first-order valence-corrected chi connectivity index (χ1v) is 13.7. The molecule has 4 rings (SSSR count). The Morgan fingerprint density at radius 1 is 0.810 bits per heavy atom. The molecule has 2 atom stereocenters. The fourth-order valence-electron chi connectivity index (χ4n) is 5.90. The number of alkyl halides is 7. The van der Waals surface area contributed by atoms with Gasteiger partial charge in [0.2, 0.25) is 0 Å². The lowest BCUT2D eigenvalue weighted by Crippen LogP contribution is -2.40. The van der Waals surface area contributed by atoms with Crippen LogP contribution < -0.4 is 4.74 Å². The Morgan fingerprint density at radius 2 is 1.45 bits per heavy atom. The minimum atomic E-state index is -5.91. The van der Waals surface area contributed by atoms with Crippen LogP contribution in [0.4, 0.5) is 43.9 Å². The predicted octanol–water partition coefficient (Wildman–Crippen LogP) is 9.73. The van der Waals surface area contributed by atoms with Crippen molar-refractivity contribution in [1.29, 1.82) is 0 Å². The molecule has 42 heavy (non-hydrogen) atoms. The molecule has 0 N–H and O–H groups in total. The van der Waals surface area contributed by atoms with E-state index in [1.165, 1.54) is 0 Å². The molecule has 0 radical (unpaired) electrons. The van der Waals surface area contributed by atoms with E-state index in [2.05, 4.69) is 11.7 Å². The molecule has 2 aromatic rings. The van der Waals surface area contributed by atoms with E-state index in [-0.39, 0.29) is 37.0 Å². The first kappa shape index (κ1) is 32.4. The summed E-state index contributed by atoms with van der Waals surface area (Å²) in [6.07, 6.45) is -9.38. The van der Waals surface area contributed by atoms with Crippen LogP contribution in [0.1, 0.15) is 63.9 Å². The van der Waals surface area contributed by atoms with Gasteiger partial charge in [0.15, 0.2) is 0 Å². The summed E-state index contributed by atoms with van der Waals surface area (Å²) in [7, 11) is 0. The van der Waals surface area contributed by atoms with E-state index < -0.39 is 64.4 Å². The molecule has 0 aromatic heterocycles. The van der Waals surface area contributed by atoms with Crippen LogP contribution in [0.3, 0.4) is 0 Å². The van der Waals surface area contributed by atoms with E-state index in [1.54, 1.807) is 0 Å². The lowest BCUT2D eigenvalue weighted by molar-refractivity contribution is -0.432. The zero-order valence-electron chi connectivity index (χ0n) is 22.6. The minimum absolute atomic E-state index is 0.0439. The molecule has 234 valence electrons. The molecule has 3 nitrogen and oxygen atoms in total. The molecule has 0 bridgehead atoms. The highest BCUT2D eigenvalue weighted by atomic mass is 19.4. The zero-order chi connectivity index (χ0) is 30.9. The fraction of sp³-hybridized carbons (Fsp3) is 0.586. The van der Waals surface area contributed by atoms with Gasteiger partial charge in [-0.3, -0.25) is 0 Å². The molecule has 13 heteroatoms. The summed E-state index contributed by atoms with van der Waals surface area (Å²) in [6.45, 7) is 2.80. The second-order valence-corrected chi connectivity index (χ2v) is 10.9. The molecule has 1 aliphatic heterocycles. The van der Waals surface area contributed by atoms with Crippen molar-refractivity contribution in [2.45, 2.75) is 83.0 Å². The highest BCUT2D eigenvalue weighted by molar-refractivity contribution is 5.66. The summed E-state index contributed by atoms with van der Waals surface area (Å²) in [5, 5.41) is 0. The van der Waals surface area contributed by atoms with Crippen LogP contribution in [0, 0.1) is 35.2 Å². The molecule has 2 aliphatic rings. The van der Waals surface area contributed by atoms with Crippen LogP contribution in [-0.2, 0) is 15.6 Å². The summed E-state index contributed by atoms with van der Waals surface area (Å²) in [5.41, 5.74) is -3.59. The Bertz CT molecular complexity index is 1190. The Morgan fingerprint density at radius 3 is 1.98 bits per heavy atom. The molecule has 2 unspecified atom stereocenters. The Labute approximate surface area is 236 Å². The normalized spacial score (nSPS) is 24.1. The van der Waals surface area contributed by atoms with Crippen molar-refractivity contribution >= 4 is 0 Å². The van der Waals surface area contributed by atoms with Gasteiger partial charge in [-0.2, -0.15) is 17.6 Å². The second kappa shape index (κ2) is 12.6. The highest BCUT2D eigenvalue weighted by Crippen LogP contribution is 2.44. The first-order valence-electron chi connectivity index (χ1n) is 13.7. The summed E-state index contributed by atoms with van der Waals surface area (Å²) >= 11 is 0. The van der Waals surface area contributed by atoms with Crippen LogP contribution in [0.25, 0.3) is 11.1 Å². The average molecular weight is 617 g/mol. The van der Waals surface area contributed by atoms with Crippen LogP contribution in [-0.4, -0.2) is 25.2 Å². The molecule has 0 spiro atoms. The van der Waals surface area contributed by atoms with Crippen molar-refractivity contribution in [1.82, 2.24) is 0 Å². The van der Waals surface area contributed by atoms with Gasteiger partial charge in [-0.15, -0.1) is 13.2 Å². The maximum absolute atomic E-state index is 15.0. The number of hydrogen-bond acceptors (Lipinski definition) is 3. The smallest absolute Gasteiger partial charge is 0.432 e. The Hall–Kier alpha value is -2.54. The van der Waals surface area contributed by atoms with Crippen molar-refractivity contribution in [2.24, 2.45) is 17.8 Å². The Balaban J connectivity index is 1.40. The van der Waals surface area contributed by atoms with Gasteiger partial charge in [-0.25, -0.2) is 17.9 Å². The lowest BCUT2D eigenvalue weighted by atomic mass is 9.76. The van der Waals surface area contributed by atoms with Crippen molar-refractivity contribution in [2.75, 3.05) is 6.61 Å². The van der Waals surface area contributed by atoms with E-state index in [1.807, 2.05) is 0 Å². The van der Waals surface area contributed by atoms with Crippen LogP contribution >= 0.6 is 0 Å². The van der Waals surface area contributed by atoms with Crippen molar-refractivity contribution in [3.63, 3.8) is 0 Å². The molecular weight excluding hydrogens is 586 g/mol. The fourth-order valence-corrected chi connectivity index (χ4v) is 5.90. The van der Waals surface area contributed by atoms with Gasteiger partial charge in [-0.05, 0) is 86.6 Å². The summed E-state index contributed by atoms with van der Waals surface area (Å²) < 4.78 is 151. The van der Waals surface area contributed by atoms with Gasteiger partial charge in [0.1, 0.15) is 28.8 Å². The van der Waals surface area contributed by atoms with Gasteiger partial charge < -0.3 is 9.47 Å². The van der Waals surface area contributed by atoms with Gasteiger partial charge in [0.05, 0.1) is 12.0 Å². The Kier molecular flexibility index (Phi) is 9.71. The first-order chi connectivity index (χ1) is 19.6. The number of ether oxygens (including phenoxy) is 3. The van der Waals surface area contributed by atoms with E-state index in [0.29, 0.717) is 31.4 Å². The monoisotopic (exact) mass is 616 g/mol. The van der Waals surface area contributed by atoms with Crippen LogP contribution in [0.5, 0.6) is 5.75 Å². The molecule has 2 aromatic carbocycles. The van der Waals surface area contributed by atoms with Gasteiger partial charge in [-0.1, -0.05) is 13.3 Å². The molecule has 1 aliphatic carbocycles. The third-order valence-electron chi connectivity index (χ3n) is 7.96. The molecule has 0 amide bonds. The van der Waals surface area contributed by atoms with E-state index in [9.17, 15) is 43.9 Å². The lowest BCUT2D eigenvalue weighted by Gasteiger charge is -2.39. The highest BCUT2D eigenvalue weighted by Gasteiger charge is 2.50. The summed E-state index contributed by atoms with van der Waals surface area (Å²) in [6, 6.07) is 2.65. The maximum atomic E-state index is 15.0. The average Bonchev–Trinajstić information content (AvgIpc) is 2.87. The van der Waals surface area contributed by atoms with E-state index in [4.69, 9.17) is 9.47 Å². The molecule has 1 heterocycles. The number of halogens is 10. The van der Waals surface area contributed by atoms with E-state index >= 15 is 0 Å². The number of rotatable bonds is 9. The topological polar surface area (TPSA) is 27.7 Å². The molecule has 2 fully saturated rings. The minimum Gasteiger partial charge on any atom is -0.432 e. The molecular formula is C29H30F10O3. The summed E-state index contributed by atoms with van der Waals surface area (Å²) in [4.78, 5) is 0. The predicted molar refractivity (Wildman–Crippen MR) is 131 cm³/mol. The zero-order valence-corrected chi connectivity index (χ0v) is 22.6. The van der Waals surface area contributed by atoms with Crippen LogP contribution in [0.2, 0.25) is 0 Å². The van der Waals surface area contributed by atoms with Crippen molar-refractivity contribution in [3.05, 3.63) is 53.3 Å². The standard InChI is InChI=1S/C29H30F10O3/c1-2-3-16-4-11-25(40-15-16)17-5-7-19(8-6-17)27(33,34)41-20-9-10-21(22(30)14-20)18-12-23(31)26(24(32)13-18)28(35,36)42-29(37,38)39/h9-10,12-14,16-17,19,25H,2-8,11,15H2,1H3. The summed E-state index contributed by atoms with van der Waals surface area (Å²) in [5.74, 6) is -6.57. The number of hydrogen-bond donors (Lipinski definition) is 0. The maximum Gasteiger partial charge on any atom is 0.527 e. The number of benzene rings is 2. The third kappa shape index (κ3) is 7.69. The molecule has 1 saturated carbocycles.